The summed E-state index contributed by atoms with van der Waals surface area (Å²) in [5, 5.41) is 0.645. The van der Waals surface area contributed by atoms with Gasteiger partial charge in [-0.05, 0) is 49.1 Å². The summed E-state index contributed by atoms with van der Waals surface area (Å²) in [6, 6.07) is 7.94. The van der Waals surface area contributed by atoms with Crippen LogP contribution in [0.2, 0.25) is 5.02 Å². The molecule has 0 unspecified atom stereocenters. The van der Waals surface area contributed by atoms with Gasteiger partial charge in [0.15, 0.2) is 0 Å². The standard InChI is InChI=1S/C23H28ClN5O/c24-19-6-4-17(5-7-19)22(30)28-10-8-18-16-25-23(26-21(18)9-11-28)29-14-12-27(13-15-29)20-2-1-3-20/h4-7,16,20H,1-3,8-15H2. The second-order valence-corrected chi connectivity index (χ2v) is 8.99. The van der Waals surface area contributed by atoms with Crippen LogP contribution in [0.1, 0.15) is 40.9 Å². The van der Waals surface area contributed by atoms with Crippen molar-refractivity contribution in [2.24, 2.45) is 0 Å². The number of hydrogen-bond donors (Lipinski definition) is 0. The van der Waals surface area contributed by atoms with Crippen LogP contribution in [-0.2, 0) is 12.8 Å². The number of halogens is 1. The van der Waals surface area contributed by atoms with Gasteiger partial charge in [0.2, 0.25) is 5.95 Å². The van der Waals surface area contributed by atoms with Gasteiger partial charge in [-0.1, -0.05) is 18.0 Å². The zero-order valence-electron chi connectivity index (χ0n) is 17.3. The van der Waals surface area contributed by atoms with E-state index in [9.17, 15) is 4.79 Å². The van der Waals surface area contributed by atoms with Gasteiger partial charge in [0, 0.05) is 68.5 Å². The third-order valence-corrected chi connectivity index (χ3v) is 7.03. The molecule has 30 heavy (non-hydrogen) atoms. The van der Waals surface area contributed by atoms with Crippen molar-refractivity contribution in [2.45, 2.75) is 38.1 Å². The van der Waals surface area contributed by atoms with Crippen LogP contribution >= 0.6 is 11.6 Å². The predicted molar refractivity (Wildman–Crippen MR) is 118 cm³/mol. The molecule has 2 aromatic rings. The number of benzene rings is 1. The first-order valence-corrected chi connectivity index (χ1v) is 11.4. The van der Waals surface area contributed by atoms with Crippen molar-refractivity contribution in [1.29, 1.82) is 0 Å². The highest BCUT2D eigenvalue weighted by Crippen LogP contribution is 2.26. The topological polar surface area (TPSA) is 52.6 Å². The van der Waals surface area contributed by atoms with Gasteiger partial charge in [-0.25, -0.2) is 9.97 Å². The summed E-state index contributed by atoms with van der Waals surface area (Å²) < 4.78 is 0. The summed E-state index contributed by atoms with van der Waals surface area (Å²) in [7, 11) is 0. The number of fused-ring (bicyclic) bond motifs is 1. The summed E-state index contributed by atoms with van der Waals surface area (Å²) >= 11 is 5.95. The SMILES string of the molecule is O=C(c1ccc(Cl)cc1)N1CCc2cnc(N3CCN(C4CCC4)CC3)nc2CC1. The maximum Gasteiger partial charge on any atom is 0.253 e. The van der Waals surface area contributed by atoms with Gasteiger partial charge in [-0.3, -0.25) is 9.69 Å². The van der Waals surface area contributed by atoms with Crippen molar-refractivity contribution in [3.63, 3.8) is 0 Å². The van der Waals surface area contributed by atoms with Gasteiger partial charge in [-0.15, -0.1) is 0 Å². The lowest BCUT2D eigenvalue weighted by molar-refractivity contribution is 0.0763. The van der Waals surface area contributed by atoms with Gasteiger partial charge in [0.05, 0.1) is 5.69 Å². The molecule has 158 valence electrons. The molecule has 1 saturated heterocycles. The third kappa shape index (κ3) is 4.03. The molecule has 2 aliphatic heterocycles. The first-order chi connectivity index (χ1) is 14.7. The first-order valence-electron chi connectivity index (χ1n) is 11.1. The highest BCUT2D eigenvalue weighted by atomic mass is 35.5. The molecule has 5 rings (SSSR count). The monoisotopic (exact) mass is 425 g/mol. The second-order valence-electron chi connectivity index (χ2n) is 8.55. The Bertz CT molecular complexity index is 906. The number of amides is 1. The zero-order valence-corrected chi connectivity index (χ0v) is 18.0. The molecule has 0 bridgehead atoms. The number of nitrogens with zero attached hydrogens (tertiary/aromatic N) is 5. The highest BCUT2D eigenvalue weighted by Gasteiger charge is 2.29. The smallest absolute Gasteiger partial charge is 0.253 e. The van der Waals surface area contributed by atoms with Crippen LogP contribution in [0.5, 0.6) is 0 Å². The van der Waals surface area contributed by atoms with Crippen LogP contribution in [0.4, 0.5) is 5.95 Å². The van der Waals surface area contributed by atoms with Crippen molar-refractivity contribution in [3.05, 3.63) is 52.3 Å². The number of carbonyl (C=O) groups excluding carboxylic acids is 1. The fourth-order valence-corrected chi connectivity index (χ4v) is 4.76. The van der Waals surface area contributed by atoms with Gasteiger partial charge in [-0.2, -0.15) is 0 Å². The van der Waals surface area contributed by atoms with Gasteiger partial charge in [0.1, 0.15) is 0 Å². The summed E-state index contributed by atoms with van der Waals surface area (Å²) in [5.41, 5.74) is 2.94. The Kier molecular flexibility index (Phi) is 5.61. The summed E-state index contributed by atoms with van der Waals surface area (Å²) in [4.78, 5) is 29.3. The lowest BCUT2D eigenvalue weighted by Gasteiger charge is -2.43. The molecule has 1 amide bonds. The minimum absolute atomic E-state index is 0.0553. The van der Waals surface area contributed by atoms with Crippen molar-refractivity contribution in [1.82, 2.24) is 19.8 Å². The Morgan fingerprint density at radius 3 is 2.40 bits per heavy atom. The van der Waals surface area contributed by atoms with E-state index in [0.717, 1.165) is 56.7 Å². The molecule has 1 saturated carbocycles. The maximum absolute atomic E-state index is 12.9. The van der Waals surface area contributed by atoms with E-state index in [2.05, 4.69) is 14.8 Å². The van der Waals surface area contributed by atoms with Crippen LogP contribution < -0.4 is 4.90 Å². The lowest BCUT2D eigenvalue weighted by atomic mass is 9.91. The Balaban J connectivity index is 1.23. The fourth-order valence-electron chi connectivity index (χ4n) is 4.63. The average Bonchev–Trinajstić information content (AvgIpc) is 2.95. The van der Waals surface area contributed by atoms with E-state index < -0.39 is 0 Å². The van der Waals surface area contributed by atoms with Gasteiger partial charge in [0.25, 0.3) is 5.91 Å². The fraction of sp³-hybridized carbons (Fsp3) is 0.522. The Morgan fingerprint density at radius 1 is 0.967 bits per heavy atom. The molecule has 0 spiro atoms. The first kappa shape index (κ1) is 19.8. The number of carbonyl (C=O) groups is 1. The lowest BCUT2D eigenvalue weighted by Crippen LogP contribution is -2.52. The Morgan fingerprint density at radius 2 is 1.70 bits per heavy atom. The van der Waals surface area contributed by atoms with E-state index in [1.807, 2.05) is 11.1 Å². The molecule has 0 atom stereocenters. The zero-order chi connectivity index (χ0) is 20.5. The molecule has 1 aromatic heterocycles. The second kappa shape index (κ2) is 8.52. The van der Waals surface area contributed by atoms with Crippen molar-refractivity contribution < 1.29 is 4.79 Å². The van der Waals surface area contributed by atoms with Crippen LogP contribution in [-0.4, -0.2) is 71.0 Å². The normalized spacial score (nSPS) is 20.4. The maximum atomic E-state index is 12.9. The van der Waals surface area contributed by atoms with Crippen LogP contribution in [0, 0.1) is 0 Å². The van der Waals surface area contributed by atoms with Crippen LogP contribution in [0.15, 0.2) is 30.5 Å². The summed E-state index contributed by atoms with van der Waals surface area (Å²) in [6.07, 6.45) is 7.65. The molecule has 3 heterocycles. The van der Waals surface area contributed by atoms with Crippen molar-refractivity contribution in [3.8, 4) is 0 Å². The minimum Gasteiger partial charge on any atom is -0.338 e. The van der Waals surface area contributed by atoms with Crippen LogP contribution in [0.25, 0.3) is 0 Å². The molecule has 1 aliphatic carbocycles. The largest absolute Gasteiger partial charge is 0.338 e. The molecule has 0 N–H and O–H groups in total. The van der Waals surface area contributed by atoms with E-state index in [1.165, 1.54) is 24.8 Å². The van der Waals surface area contributed by atoms with E-state index in [1.54, 1.807) is 24.3 Å². The molecular formula is C23H28ClN5O. The number of aromatic nitrogens is 2. The number of rotatable bonds is 3. The van der Waals surface area contributed by atoms with E-state index in [-0.39, 0.29) is 5.91 Å². The average molecular weight is 426 g/mol. The molecule has 0 radical (unpaired) electrons. The number of hydrogen-bond acceptors (Lipinski definition) is 5. The van der Waals surface area contributed by atoms with Crippen LogP contribution in [0.3, 0.4) is 0 Å². The molecule has 6 nitrogen and oxygen atoms in total. The van der Waals surface area contributed by atoms with Gasteiger partial charge >= 0.3 is 0 Å². The van der Waals surface area contributed by atoms with Gasteiger partial charge < -0.3 is 9.80 Å². The Labute approximate surface area is 182 Å². The van der Waals surface area contributed by atoms with Crippen molar-refractivity contribution >= 4 is 23.5 Å². The molecule has 7 heteroatoms. The molecule has 1 aromatic carbocycles. The predicted octanol–water partition coefficient (Wildman–Crippen LogP) is 3.05. The third-order valence-electron chi connectivity index (χ3n) is 6.78. The van der Waals surface area contributed by atoms with E-state index in [4.69, 9.17) is 16.6 Å². The number of anilines is 1. The summed E-state index contributed by atoms with van der Waals surface area (Å²) in [6.45, 7) is 5.58. The summed E-state index contributed by atoms with van der Waals surface area (Å²) in [5.74, 6) is 0.902. The quantitative estimate of drug-likeness (QED) is 0.756. The number of piperazine rings is 1. The molecular weight excluding hydrogens is 398 g/mol. The minimum atomic E-state index is 0.0553. The van der Waals surface area contributed by atoms with Crippen molar-refractivity contribution in [2.75, 3.05) is 44.2 Å². The highest BCUT2D eigenvalue weighted by molar-refractivity contribution is 6.30. The molecule has 2 fully saturated rings. The molecule has 3 aliphatic rings. The van der Waals surface area contributed by atoms with E-state index in [0.29, 0.717) is 23.7 Å². The van der Waals surface area contributed by atoms with E-state index >= 15 is 0 Å². The Hall–Kier alpha value is -2.18.